The van der Waals surface area contributed by atoms with Gasteiger partial charge in [0.1, 0.15) is 17.4 Å². The summed E-state index contributed by atoms with van der Waals surface area (Å²) in [5.74, 6) is 1.04. The van der Waals surface area contributed by atoms with Crippen molar-refractivity contribution in [3.8, 4) is 0 Å². The zero-order valence-electron chi connectivity index (χ0n) is 9.36. The minimum atomic E-state index is 0.191. The van der Waals surface area contributed by atoms with Gasteiger partial charge in [0.25, 0.3) is 0 Å². The number of benzene rings is 1. The van der Waals surface area contributed by atoms with Crippen LogP contribution in [0.25, 0.3) is 16.6 Å². The van der Waals surface area contributed by atoms with Crippen molar-refractivity contribution in [1.29, 1.82) is 5.41 Å². The number of aliphatic hydroxyl groups excluding tert-OH is 1. The Morgan fingerprint density at radius 3 is 2.82 bits per heavy atom. The van der Waals surface area contributed by atoms with Crippen LogP contribution in [0.2, 0.25) is 0 Å². The molecule has 0 amide bonds. The zero-order valence-corrected chi connectivity index (χ0v) is 9.36. The van der Waals surface area contributed by atoms with E-state index in [1.54, 1.807) is 11.9 Å². The highest BCUT2D eigenvalue weighted by atomic mass is 16.3. The Balaban J connectivity index is 2.16. The second-order valence-electron chi connectivity index (χ2n) is 4.13. The van der Waals surface area contributed by atoms with Crippen molar-refractivity contribution in [2.24, 2.45) is 0 Å². The maximum absolute atomic E-state index is 9.85. The van der Waals surface area contributed by atoms with E-state index in [9.17, 15) is 5.11 Å². The van der Waals surface area contributed by atoms with Gasteiger partial charge in [-0.1, -0.05) is 12.1 Å². The van der Waals surface area contributed by atoms with Gasteiger partial charge in [0.15, 0.2) is 0 Å². The highest BCUT2D eigenvalue weighted by Crippen LogP contribution is 2.25. The number of rotatable bonds is 1. The number of aromatic nitrogens is 2. The van der Waals surface area contributed by atoms with Crippen LogP contribution in [-0.4, -0.2) is 39.4 Å². The summed E-state index contributed by atoms with van der Waals surface area (Å²) in [5, 5.41) is 17.7. The number of aliphatic hydroxyl groups is 1. The third-order valence-electron chi connectivity index (χ3n) is 2.92. The monoisotopic (exact) mass is 228 g/mol. The summed E-state index contributed by atoms with van der Waals surface area (Å²) >= 11 is 0. The molecule has 2 heterocycles. The van der Waals surface area contributed by atoms with E-state index in [0.717, 1.165) is 11.0 Å². The number of nitrogens with zero attached hydrogens (tertiary/aromatic N) is 2. The molecule has 1 aromatic heterocycles. The van der Waals surface area contributed by atoms with Gasteiger partial charge in [-0.25, -0.2) is 4.98 Å². The SMILES string of the molecule is CN1CC(O)=C(c2nc3ccccc3[nH]2)C1=N. The third-order valence-corrected chi connectivity index (χ3v) is 2.92. The van der Waals surface area contributed by atoms with Gasteiger partial charge in [-0.05, 0) is 12.1 Å². The number of likely N-dealkylation sites (N-methyl/N-ethyl adjacent to an activating group) is 1. The number of amidine groups is 1. The quantitative estimate of drug-likeness (QED) is 0.696. The maximum atomic E-state index is 9.85. The number of hydrogen-bond donors (Lipinski definition) is 3. The topological polar surface area (TPSA) is 76.0 Å². The van der Waals surface area contributed by atoms with Gasteiger partial charge in [-0.3, -0.25) is 5.41 Å². The molecule has 0 saturated carbocycles. The van der Waals surface area contributed by atoms with Crippen molar-refractivity contribution in [2.75, 3.05) is 13.6 Å². The number of nitrogens with one attached hydrogen (secondary N) is 2. The van der Waals surface area contributed by atoms with Crippen LogP contribution in [0.5, 0.6) is 0 Å². The molecule has 0 aliphatic carbocycles. The normalized spacial score (nSPS) is 16.3. The van der Waals surface area contributed by atoms with Crippen LogP contribution in [0, 0.1) is 5.41 Å². The fraction of sp³-hybridized carbons (Fsp3) is 0.167. The zero-order chi connectivity index (χ0) is 12.0. The first-order valence-corrected chi connectivity index (χ1v) is 5.34. The molecule has 0 fully saturated rings. The molecule has 5 nitrogen and oxygen atoms in total. The molecule has 2 aromatic rings. The average Bonchev–Trinajstić information content (AvgIpc) is 2.81. The number of imidazole rings is 1. The molecule has 3 rings (SSSR count). The van der Waals surface area contributed by atoms with E-state index in [0.29, 0.717) is 23.8 Å². The van der Waals surface area contributed by atoms with E-state index in [4.69, 9.17) is 5.41 Å². The Kier molecular flexibility index (Phi) is 1.95. The number of H-pyrrole nitrogens is 1. The van der Waals surface area contributed by atoms with Gasteiger partial charge >= 0.3 is 0 Å². The van der Waals surface area contributed by atoms with E-state index in [-0.39, 0.29) is 5.76 Å². The molecule has 0 saturated heterocycles. The second-order valence-corrected chi connectivity index (χ2v) is 4.13. The van der Waals surface area contributed by atoms with E-state index < -0.39 is 0 Å². The molecule has 3 N–H and O–H groups in total. The molecule has 1 aliphatic rings. The number of para-hydroxylation sites is 2. The molecular formula is C12H12N4O. The summed E-state index contributed by atoms with van der Waals surface area (Å²) in [6.45, 7) is 0.366. The Morgan fingerprint density at radius 1 is 1.41 bits per heavy atom. The van der Waals surface area contributed by atoms with Crippen LogP contribution in [0.3, 0.4) is 0 Å². The molecule has 5 heteroatoms. The van der Waals surface area contributed by atoms with Crippen molar-refractivity contribution in [2.45, 2.75) is 0 Å². The first-order chi connectivity index (χ1) is 8.16. The molecular weight excluding hydrogens is 216 g/mol. The molecule has 86 valence electrons. The van der Waals surface area contributed by atoms with Crippen molar-refractivity contribution in [1.82, 2.24) is 14.9 Å². The van der Waals surface area contributed by atoms with Gasteiger partial charge in [-0.15, -0.1) is 0 Å². The maximum Gasteiger partial charge on any atom is 0.145 e. The minimum Gasteiger partial charge on any atom is -0.510 e. The predicted molar refractivity (Wildman–Crippen MR) is 66.0 cm³/mol. The average molecular weight is 228 g/mol. The number of hydrogen-bond acceptors (Lipinski definition) is 3. The van der Waals surface area contributed by atoms with Crippen LogP contribution < -0.4 is 0 Å². The van der Waals surface area contributed by atoms with Gasteiger partial charge in [0.2, 0.25) is 0 Å². The van der Waals surface area contributed by atoms with E-state index in [2.05, 4.69) is 9.97 Å². The summed E-state index contributed by atoms with van der Waals surface area (Å²) in [4.78, 5) is 9.19. The summed E-state index contributed by atoms with van der Waals surface area (Å²) in [6, 6.07) is 7.65. The fourth-order valence-corrected chi connectivity index (χ4v) is 2.03. The van der Waals surface area contributed by atoms with Gasteiger partial charge in [-0.2, -0.15) is 0 Å². The van der Waals surface area contributed by atoms with Gasteiger partial charge in [0, 0.05) is 7.05 Å². The lowest BCUT2D eigenvalue weighted by Crippen LogP contribution is -2.21. The largest absolute Gasteiger partial charge is 0.510 e. The Morgan fingerprint density at radius 2 is 2.18 bits per heavy atom. The minimum absolute atomic E-state index is 0.191. The van der Waals surface area contributed by atoms with Crippen molar-refractivity contribution < 1.29 is 5.11 Å². The molecule has 0 spiro atoms. The summed E-state index contributed by atoms with van der Waals surface area (Å²) < 4.78 is 0. The summed E-state index contributed by atoms with van der Waals surface area (Å²) in [5.41, 5.74) is 2.24. The van der Waals surface area contributed by atoms with Crippen molar-refractivity contribution >= 4 is 22.4 Å². The highest BCUT2D eigenvalue weighted by molar-refractivity contribution is 6.22. The van der Waals surface area contributed by atoms with Crippen LogP contribution in [-0.2, 0) is 0 Å². The first kappa shape index (κ1) is 9.89. The van der Waals surface area contributed by atoms with Crippen LogP contribution in [0.15, 0.2) is 30.0 Å². The first-order valence-electron chi connectivity index (χ1n) is 5.34. The fourth-order valence-electron chi connectivity index (χ4n) is 2.03. The molecule has 0 unspecified atom stereocenters. The standard InChI is InChI=1S/C12H12N4O/c1-16-6-9(17)10(11(16)13)12-14-7-4-2-3-5-8(7)15-12/h2-5,13,17H,6H2,1H3,(H,14,15). The van der Waals surface area contributed by atoms with Crippen molar-refractivity contribution in [3.63, 3.8) is 0 Å². The molecule has 0 atom stereocenters. The van der Waals surface area contributed by atoms with Gasteiger partial charge < -0.3 is 15.0 Å². The van der Waals surface area contributed by atoms with Crippen molar-refractivity contribution in [3.05, 3.63) is 35.8 Å². The summed E-state index contributed by atoms with van der Waals surface area (Å²) in [7, 11) is 1.77. The summed E-state index contributed by atoms with van der Waals surface area (Å²) in [6.07, 6.45) is 0. The molecule has 17 heavy (non-hydrogen) atoms. The predicted octanol–water partition coefficient (Wildman–Crippen LogP) is 1.75. The molecule has 1 aromatic carbocycles. The third kappa shape index (κ3) is 1.39. The molecule has 0 radical (unpaired) electrons. The lowest BCUT2D eigenvalue weighted by molar-refractivity contribution is 0.372. The highest BCUT2D eigenvalue weighted by Gasteiger charge is 2.27. The Labute approximate surface area is 97.9 Å². The van der Waals surface area contributed by atoms with E-state index in [1.807, 2.05) is 24.3 Å². The van der Waals surface area contributed by atoms with Crippen LogP contribution >= 0.6 is 0 Å². The van der Waals surface area contributed by atoms with E-state index in [1.165, 1.54) is 0 Å². The Hall–Kier alpha value is -2.30. The van der Waals surface area contributed by atoms with E-state index >= 15 is 0 Å². The number of fused-ring (bicyclic) bond motifs is 1. The number of aromatic amines is 1. The lowest BCUT2D eigenvalue weighted by atomic mass is 10.2. The molecule has 0 bridgehead atoms. The van der Waals surface area contributed by atoms with Crippen LogP contribution in [0.1, 0.15) is 5.82 Å². The smallest absolute Gasteiger partial charge is 0.145 e. The Bertz CT molecular complexity index is 608. The van der Waals surface area contributed by atoms with Gasteiger partial charge in [0.05, 0.1) is 23.2 Å². The molecule has 1 aliphatic heterocycles. The van der Waals surface area contributed by atoms with Crippen LogP contribution in [0.4, 0.5) is 0 Å². The lowest BCUT2D eigenvalue weighted by Gasteiger charge is -2.09. The second kappa shape index (κ2) is 3.35.